The van der Waals surface area contributed by atoms with Crippen molar-refractivity contribution in [1.29, 1.82) is 0 Å². The minimum atomic E-state index is 0.231. The number of rotatable bonds is 2. The lowest BCUT2D eigenvalue weighted by Crippen LogP contribution is -2.21. The molecule has 0 bridgehead atoms. The maximum atomic E-state index is 5.78. The molecule has 0 atom stereocenters. The van der Waals surface area contributed by atoms with Gasteiger partial charge in [0.15, 0.2) is 0 Å². The van der Waals surface area contributed by atoms with Crippen LogP contribution in [0.1, 0.15) is 38.2 Å². The maximum Gasteiger partial charge on any atom is 0.221 e. The highest BCUT2D eigenvalue weighted by atomic mass is 35.5. The molecule has 0 amide bonds. The quantitative estimate of drug-likeness (QED) is 0.798. The van der Waals surface area contributed by atoms with Crippen molar-refractivity contribution in [2.24, 2.45) is 0 Å². The Balaban J connectivity index is 0.000000202. The first kappa shape index (κ1) is 14.2. The molecule has 1 aliphatic heterocycles. The number of nitrogen functional groups attached to an aromatic ring is 1. The van der Waals surface area contributed by atoms with Crippen LogP contribution in [-0.4, -0.2) is 23.1 Å². The van der Waals surface area contributed by atoms with Gasteiger partial charge in [0.05, 0.1) is 0 Å². The summed E-state index contributed by atoms with van der Waals surface area (Å²) >= 11 is 5.78. The molecule has 0 unspecified atom stereocenters. The number of nitrogens with one attached hydrogen (secondary N) is 1. The van der Waals surface area contributed by atoms with Gasteiger partial charge in [0.2, 0.25) is 5.95 Å². The Morgan fingerprint density at radius 3 is 2.47 bits per heavy atom. The third kappa shape index (κ3) is 5.84. The number of nitrogens with two attached hydrogens (primary N) is 1. The van der Waals surface area contributed by atoms with Crippen LogP contribution in [0, 0.1) is 0 Å². The van der Waals surface area contributed by atoms with Crippen molar-refractivity contribution in [2.75, 3.05) is 18.8 Å². The van der Waals surface area contributed by atoms with Crippen molar-refractivity contribution >= 4 is 17.5 Å². The number of halogens is 1. The molecule has 2 heterocycles. The second-order valence-corrected chi connectivity index (χ2v) is 4.46. The molecule has 1 saturated heterocycles. The zero-order chi connectivity index (χ0) is 12.5. The van der Waals surface area contributed by atoms with E-state index in [1.807, 2.05) is 0 Å². The smallest absolute Gasteiger partial charge is 0.221 e. The van der Waals surface area contributed by atoms with Gasteiger partial charge in [0.1, 0.15) is 5.15 Å². The van der Waals surface area contributed by atoms with Crippen LogP contribution in [-0.2, 0) is 6.42 Å². The predicted molar refractivity (Wildman–Crippen MR) is 72.2 cm³/mol. The van der Waals surface area contributed by atoms with Crippen molar-refractivity contribution in [3.63, 3.8) is 0 Å². The van der Waals surface area contributed by atoms with Crippen LogP contribution in [0.15, 0.2) is 6.20 Å². The Bertz CT molecular complexity index is 315. The van der Waals surface area contributed by atoms with Crippen molar-refractivity contribution in [2.45, 2.75) is 39.0 Å². The minimum absolute atomic E-state index is 0.231. The molecule has 0 saturated carbocycles. The number of anilines is 1. The topological polar surface area (TPSA) is 63.8 Å². The average Bonchev–Trinajstić information content (AvgIpc) is 2.36. The van der Waals surface area contributed by atoms with E-state index >= 15 is 0 Å². The van der Waals surface area contributed by atoms with E-state index in [9.17, 15) is 0 Å². The Morgan fingerprint density at radius 1 is 1.35 bits per heavy atom. The third-order valence-electron chi connectivity index (χ3n) is 2.56. The highest BCUT2D eigenvalue weighted by Gasteiger charge is 2.00. The molecule has 4 nitrogen and oxygen atoms in total. The van der Waals surface area contributed by atoms with Gasteiger partial charge in [0, 0.05) is 11.8 Å². The summed E-state index contributed by atoms with van der Waals surface area (Å²) in [6.07, 6.45) is 7.83. The fraction of sp³-hybridized carbons (Fsp3) is 0.667. The second-order valence-electron chi connectivity index (χ2n) is 4.10. The Morgan fingerprint density at radius 2 is 2.06 bits per heavy atom. The number of nitrogens with zero attached hydrogens (tertiary/aromatic N) is 2. The lowest BCUT2D eigenvalue weighted by Gasteiger charge is -2.08. The zero-order valence-corrected chi connectivity index (χ0v) is 11.1. The summed E-state index contributed by atoms with van der Waals surface area (Å²) in [6.45, 7) is 4.58. The zero-order valence-electron chi connectivity index (χ0n) is 10.4. The lowest BCUT2D eigenvalue weighted by atomic mass is 10.2. The van der Waals surface area contributed by atoms with E-state index < -0.39 is 0 Å². The summed E-state index contributed by atoms with van der Waals surface area (Å²) < 4.78 is 0. The van der Waals surface area contributed by atoms with Gasteiger partial charge in [0.25, 0.3) is 0 Å². The Kier molecular flexibility index (Phi) is 6.89. The van der Waals surface area contributed by atoms with Crippen LogP contribution < -0.4 is 11.1 Å². The molecule has 0 aromatic carbocycles. The molecular weight excluding hydrogens is 236 g/mol. The van der Waals surface area contributed by atoms with Gasteiger partial charge in [-0.3, -0.25) is 0 Å². The van der Waals surface area contributed by atoms with Gasteiger partial charge in [-0.25, -0.2) is 9.97 Å². The molecule has 0 spiro atoms. The van der Waals surface area contributed by atoms with Gasteiger partial charge in [-0.2, -0.15) is 0 Å². The molecule has 1 aliphatic rings. The summed E-state index contributed by atoms with van der Waals surface area (Å²) in [7, 11) is 0. The summed E-state index contributed by atoms with van der Waals surface area (Å²) in [4.78, 5) is 7.67. The fourth-order valence-electron chi connectivity index (χ4n) is 1.64. The number of aromatic nitrogens is 2. The Hall–Kier alpha value is -0.870. The van der Waals surface area contributed by atoms with Crippen molar-refractivity contribution in [3.8, 4) is 0 Å². The molecule has 96 valence electrons. The van der Waals surface area contributed by atoms with E-state index in [0.717, 1.165) is 18.4 Å². The molecule has 2 rings (SSSR count). The van der Waals surface area contributed by atoms with Crippen LogP contribution in [0.25, 0.3) is 0 Å². The van der Waals surface area contributed by atoms with Crippen LogP contribution >= 0.6 is 11.6 Å². The van der Waals surface area contributed by atoms with Crippen molar-refractivity contribution in [1.82, 2.24) is 15.3 Å². The van der Waals surface area contributed by atoms with Gasteiger partial charge < -0.3 is 11.1 Å². The number of hydrogen-bond donors (Lipinski definition) is 2. The molecule has 5 heteroatoms. The predicted octanol–water partition coefficient (Wildman–Crippen LogP) is 2.42. The van der Waals surface area contributed by atoms with Gasteiger partial charge >= 0.3 is 0 Å². The fourth-order valence-corrected chi connectivity index (χ4v) is 1.87. The Labute approximate surface area is 108 Å². The van der Waals surface area contributed by atoms with Crippen molar-refractivity contribution < 1.29 is 0 Å². The van der Waals surface area contributed by atoms with Gasteiger partial charge in [-0.05, 0) is 32.4 Å². The molecule has 1 aromatic heterocycles. The lowest BCUT2D eigenvalue weighted by molar-refractivity contribution is 0.520. The minimum Gasteiger partial charge on any atom is -0.368 e. The number of piperidine rings is 1. The molecule has 0 aliphatic carbocycles. The SMILES string of the molecule is C1CCNCC1.CCCc1cnc(N)nc1Cl. The summed E-state index contributed by atoms with van der Waals surface area (Å²) in [5, 5.41) is 3.76. The second kappa shape index (κ2) is 8.25. The van der Waals surface area contributed by atoms with Crippen LogP contribution in [0.2, 0.25) is 5.15 Å². The highest BCUT2D eigenvalue weighted by Crippen LogP contribution is 2.13. The van der Waals surface area contributed by atoms with Gasteiger partial charge in [-0.1, -0.05) is 31.4 Å². The average molecular weight is 257 g/mol. The third-order valence-corrected chi connectivity index (χ3v) is 2.88. The summed E-state index contributed by atoms with van der Waals surface area (Å²) in [5.74, 6) is 0.231. The first-order valence-electron chi connectivity index (χ1n) is 6.21. The van der Waals surface area contributed by atoms with E-state index in [1.54, 1.807) is 6.20 Å². The van der Waals surface area contributed by atoms with Crippen molar-refractivity contribution in [3.05, 3.63) is 16.9 Å². The van der Waals surface area contributed by atoms with E-state index in [-0.39, 0.29) is 5.95 Å². The number of aryl methyl sites for hydroxylation is 1. The van der Waals surface area contributed by atoms with E-state index in [0.29, 0.717) is 5.15 Å². The molecule has 1 aromatic rings. The van der Waals surface area contributed by atoms with Crippen LogP contribution in [0.3, 0.4) is 0 Å². The largest absolute Gasteiger partial charge is 0.368 e. The molecule has 0 radical (unpaired) electrons. The summed E-state index contributed by atoms with van der Waals surface area (Å²) in [6, 6.07) is 0. The molecule has 1 fully saturated rings. The molecule has 3 N–H and O–H groups in total. The molecular formula is C12H21ClN4. The van der Waals surface area contributed by atoms with E-state index in [1.165, 1.54) is 32.4 Å². The van der Waals surface area contributed by atoms with Gasteiger partial charge in [-0.15, -0.1) is 0 Å². The van der Waals surface area contributed by atoms with E-state index in [2.05, 4.69) is 22.2 Å². The normalized spacial score (nSPS) is 14.9. The standard InChI is InChI=1S/C7H10ClN3.C5H11N/c1-2-3-5-4-10-7(9)11-6(5)8;1-2-4-6-5-3-1/h4H,2-3H2,1H3,(H2,9,10,11);6H,1-5H2. The molecule has 17 heavy (non-hydrogen) atoms. The van der Waals surface area contributed by atoms with E-state index in [4.69, 9.17) is 17.3 Å². The first-order chi connectivity index (χ1) is 8.24. The maximum absolute atomic E-state index is 5.78. The highest BCUT2D eigenvalue weighted by molar-refractivity contribution is 6.30. The monoisotopic (exact) mass is 256 g/mol. The first-order valence-corrected chi connectivity index (χ1v) is 6.59. The van der Waals surface area contributed by atoms with Crippen LogP contribution in [0.5, 0.6) is 0 Å². The van der Waals surface area contributed by atoms with Crippen LogP contribution in [0.4, 0.5) is 5.95 Å². The summed E-state index contributed by atoms with van der Waals surface area (Å²) in [5.41, 5.74) is 6.28. The number of hydrogen-bond acceptors (Lipinski definition) is 4.